The van der Waals surface area contributed by atoms with Crippen LogP contribution in [0.25, 0.3) is 11.0 Å². The van der Waals surface area contributed by atoms with E-state index in [-0.39, 0.29) is 12.2 Å². The molecule has 1 amide bonds. The van der Waals surface area contributed by atoms with Gasteiger partial charge in [-0.2, -0.15) is 0 Å². The van der Waals surface area contributed by atoms with Crippen molar-refractivity contribution in [1.29, 1.82) is 0 Å². The maximum absolute atomic E-state index is 12.1. The lowest BCUT2D eigenvalue weighted by atomic mass is 10.3. The Labute approximate surface area is 149 Å². The predicted octanol–water partition coefficient (Wildman–Crippen LogP) is 3.69. The molecule has 1 fully saturated rings. The average Bonchev–Trinajstić information content (AvgIpc) is 3.22. The van der Waals surface area contributed by atoms with Gasteiger partial charge in [0.25, 0.3) is 0 Å². The topological polar surface area (TPSA) is 67.4 Å². The minimum Gasteiger partial charge on any atom is -0.497 e. The number of carbonyl (C=O) groups is 1. The summed E-state index contributed by atoms with van der Waals surface area (Å²) in [5.74, 6) is 1.43. The number of thioether (sulfide) groups is 1. The number of imidazole rings is 1. The van der Waals surface area contributed by atoms with E-state index < -0.39 is 0 Å². The molecule has 0 aliphatic carbocycles. The number of carbonyl (C=O) groups excluding carboxylic acids is 1. The summed E-state index contributed by atoms with van der Waals surface area (Å²) in [6.45, 7) is 0.546. The molecule has 2 aromatic carbocycles. The molecular weight excluding hydrogens is 338 g/mol. The highest BCUT2D eigenvalue weighted by Gasteiger charge is 2.32. The van der Waals surface area contributed by atoms with Crippen LogP contribution in [-0.4, -0.2) is 41.6 Å². The fourth-order valence-corrected chi connectivity index (χ4v) is 3.62. The second kappa shape index (κ2) is 6.68. The number of benzene rings is 2. The van der Waals surface area contributed by atoms with Gasteiger partial charge in [-0.1, -0.05) is 30.0 Å². The lowest BCUT2D eigenvalue weighted by Crippen LogP contribution is -2.24. The Morgan fingerprint density at radius 2 is 2.16 bits per heavy atom. The lowest BCUT2D eigenvalue weighted by molar-refractivity contribution is 0.151. The van der Waals surface area contributed by atoms with E-state index in [4.69, 9.17) is 9.47 Å². The molecule has 1 atom stereocenters. The molecule has 0 radical (unpaired) electrons. The number of fused-ring (bicyclic) bond motifs is 1. The molecule has 128 valence electrons. The monoisotopic (exact) mass is 355 g/mol. The van der Waals surface area contributed by atoms with Crippen LogP contribution in [0.2, 0.25) is 0 Å². The average molecular weight is 355 g/mol. The summed E-state index contributed by atoms with van der Waals surface area (Å²) in [5.41, 5.74) is 2.67. The standard InChI is InChI=1S/C18H17N3O3S/c1-23-13-7-8-15-16(9-13)20-17(19-15)25-11-14-10-21(18(22)24-14)12-5-3-2-4-6-12/h2-9,14H,10-11H2,1H3,(H,19,20)/t14-/m0/s1. The molecule has 0 saturated carbocycles. The van der Waals surface area contributed by atoms with Crippen molar-refractivity contribution in [2.75, 3.05) is 24.3 Å². The zero-order valence-electron chi connectivity index (χ0n) is 13.6. The van der Waals surface area contributed by atoms with E-state index in [0.717, 1.165) is 27.6 Å². The number of hydrogen-bond donors (Lipinski definition) is 1. The Bertz CT molecular complexity index is 897. The third kappa shape index (κ3) is 3.28. The van der Waals surface area contributed by atoms with E-state index in [2.05, 4.69) is 9.97 Å². The molecule has 0 bridgehead atoms. The first kappa shape index (κ1) is 15.8. The van der Waals surface area contributed by atoms with Crippen molar-refractivity contribution in [3.05, 3.63) is 48.5 Å². The third-order valence-corrected chi connectivity index (χ3v) is 5.02. The SMILES string of the molecule is COc1ccc2nc(SC[C@@H]3CN(c4ccccc4)C(=O)O3)[nH]c2c1. The molecule has 3 aromatic rings. The number of hydrogen-bond acceptors (Lipinski definition) is 5. The van der Waals surface area contributed by atoms with Crippen LogP contribution in [-0.2, 0) is 4.74 Å². The molecule has 0 unspecified atom stereocenters. The van der Waals surface area contributed by atoms with Crippen molar-refractivity contribution in [1.82, 2.24) is 9.97 Å². The Morgan fingerprint density at radius 3 is 2.96 bits per heavy atom. The molecule has 1 N–H and O–H groups in total. The minimum atomic E-state index is -0.300. The van der Waals surface area contributed by atoms with Gasteiger partial charge in [0, 0.05) is 17.5 Å². The smallest absolute Gasteiger partial charge is 0.414 e. The van der Waals surface area contributed by atoms with Crippen molar-refractivity contribution in [3.63, 3.8) is 0 Å². The summed E-state index contributed by atoms with van der Waals surface area (Å²) >= 11 is 1.54. The van der Waals surface area contributed by atoms with E-state index >= 15 is 0 Å². The van der Waals surface area contributed by atoms with Gasteiger partial charge in [-0.05, 0) is 24.3 Å². The second-order valence-corrected chi connectivity index (χ2v) is 6.70. The van der Waals surface area contributed by atoms with Gasteiger partial charge in [-0.3, -0.25) is 4.90 Å². The van der Waals surface area contributed by atoms with Gasteiger partial charge in [0.05, 0.1) is 24.7 Å². The highest BCUT2D eigenvalue weighted by Crippen LogP contribution is 2.27. The van der Waals surface area contributed by atoms with Crippen LogP contribution in [0.4, 0.5) is 10.5 Å². The van der Waals surface area contributed by atoms with Gasteiger partial charge in [0.1, 0.15) is 11.9 Å². The Hall–Kier alpha value is -2.67. The summed E-state index contributed by atoms with van der Waals surface area (Å²) < 4.78 is 10.7. The van der Waals surface area contributed by atoms with E-state index in [1.807, 2.05) is 48.5 Å². The van der Waals surface area contributed by atoms with Crippen LogP contribution in [0.5, 0.6) is 5.75 Å². The number of rotatable bonds is 5. The van der Waals surface area contributed by atoms with Gasteiger partial charge >= 0.3 is 6.09 Å². The van der Waals surface area contributed by atoms with Crippen LogP contribution in [0.15, 0.2) is 53.7 Å². The molecule has 1 aromatic heterocycles. The largest absolute Gasteiger partial charge is 0.497 e. The van der Waals surface area contributed by atoms with Crippen molar-refractivity contribution < 1.29 is 14.3 Å². The number of cyclic esters (lactones) is 1. The van der Waals surface area contributed by atoms with E-state index in [1.54, 1.807) is 23.8 Å². The number of para-hydroxylation sites is 1. The molecule has 1 aliphatic rings. The van der Waals surface area contributed by atoms with E-state index in [9.17, 15) is 4.79 Å². The first-order chi connectivity index (χ1) is 12.2. The minimum absolute atomic E-state index is 0.166. The molecule has 1 aliphatic heterocycles. The number of H-pyrrole nitrogens is 1. The number of ether oxygens (including phenoxy) is 2. The lowest BCUT2D eigenvalue weighted by Gasteiger charge is -2.12. The molecular formula is C18H17N3O3S. The second-order valence-electron chi connectivity index (χ2n) is 5.69. The zero-order valence-corrected chi connectivity index (χ0v) is 14.5. The summed E-state index contributed by atoms with van der Waals surface area (Å²) in [5, 5.41) is 0.803. The van der Waals surface area contributed by atoms with Crippen LogP contribution >= 0.6 is 11.8 Å². The third-order valence-electron chi connectivity index (χ3n) is 4.02. The van der Waals surface area contributed by atoms with Crippen molar-refractivity contribution in [2.24, 2.45) is 0 Å². The van der Waals surface area contributed by atoms with Crippen molar-refractivity contribution >= 4 is 34.6 Å². The number of methoxy groups -OCH3 is 1. The van der Waals surface area contributed by atoms with Gasteiger partial charge in [-0.15, -0.1) is 0 Å². The maximum atomic E-state index is 12.1. The van der Waals surface area contributed by atoms with Crippen molar-refractivity contribution in [3.8, 4) is 5.75 Å². The van der Waals surface area contributed by atoms with Crippen LogP contribution in [0, 0.1) is 0 Å². The van der Waals surface area contributed by atoms with E-state index in [1.165, 1.54) is 0 Å². The highest BCUT2D eigenvalue weighted by molar-refractivity contribution is 7.99. The Kier molecular flexibility index (Phi) is 4.23. The predicted molar refractivity (Wildman–Crippen MR) is 97.4 cm³/mol. The molecule has 7 heteroatoms. The van der Waals surface area contributed by atoms with Crippen LogP contribution in [0.1, 0.15) is 0 Å². The van der Waals surface area contributed by atoms with Crippen LogP contribution in [0.3, 0.4) is 0 Å². The fraction of sp³-hybridized carbons (Fsp3) is 0.222. The number of aromatic amines is 1. The molecule has 4 rings (SSSR count). The summed E-state index contributed by atoms with van der Waals surface area (Å²) in [6, 6.07) is 15.3. The van der Waals surface area contributed by atoms with Gasteiger partial charge in [-0.25, -0.2) is 9.78 Å². The molecule has 25 heavy (non-hydrogen) atoms. The van der Waals surface area contributed by atoms with E-state index in [0.29, 0.717) is 12.3 Å². The first-order valence-electron chi connectivity index (χ1n) is 7.92. The quantitative estimate of drug-likeness (QED) is 0.707. The van der Waals surface area contributed by atoms with Crippen LogP contribution < -0.4 is 9.64 Å². The fourth-order valence-electron chi connectivity index (χ4n) is 2.76. The summed E-state index contributed by atoms with van der Waals surface area (Å²) in [4.78, 5) is 21.5. The number of nitrogens with one attached hydrogen (secondary N) is 1. The molecule has 6 nitrogen and oxygen atoms in total. The number of amides is 1. The highest BCUT2D eigenvalue weighted by atomic mass is 32.2. The van der Waals surface area contributed by atoms with Crippen molar-refractivity contribution in [2.45, 2.75) is 11.3 Å². The number of aromatic nitrogens is 2. The zero-order chi connectivity index (χ0) is 17.2. The number of anilines is 1. The molecule has 2 heterocycles. The van der Waals surface area contributed by atoms with Gasteiger partial charge in [0.15, 0.2) is 5.16 Å². The normalized spacial score (nSPS) is 17.1. The Morgan fingerprint density at radius 1 is 1.32 bits per heavy atom. The van der Waals surface area contributed by atoms with Gasteiger partial charge < -0.3 is 14.5 Å². The number of nitrogens with zero attached hydrogens (tertiary/aromatic N) is 2. The Balaban J connectivity index is 1.41. The maximum Gasteiger partial charge on any atom is 0.414 e. The molecule has 0 spiro atoms. The van der Waals surface area contributed by atoms with Gasteiger partial charge in [0.2, 0.25) is 0 Å². The summed E-state index contributed by atoms with van der Waals surface area (Å²) in [6.07, 6.45) is -0.466. The molecule has 1 saturated heterocycles. The summed E-state index contributed by atoms with van der Waals surface area (Å²) in [7, 11) is 1.64. The first-order valence-corrected chi connectivity index (χ1v) is 8.91.